The highest BCUT2D eigenvalue weighted by Crippen LogP contribution is 2.44. The predicted octanol–water partition coefficient (Wildman–Crippen LogP) is 5.36. The molecule has 4 heterocycles. The number of hydrogen-bond acceptors (Lipinski definition) is 5. The predicted molar refractivity (Wildman–Crippen MR) is 137 cm³/mol. The summed E-state index contributed by atoms with van der Waals surface area (Å²) in [6, 6.07) is 17.3. The highest BCUT2D eigenvalue weighted by molar-refractivity contribution is 6.00. The SMILES string of the molecule is Cn1ccnc1-c1nc(NC2CCC2)c2c(-c3ccccc3)c(-c3cccc4c3CCO4)cn2n1. The quantitative estimate of drug-likeness (QED) is 0.381. The summed E-state index contributed by atoms with van der Waals surface area (Å²) >= 11 is 0. The fourth-order valence-electron chi connectivity index (χ4n) is 5.18. The van der Waals surface area contributed by atoms with Gasteiger partial charge in [-0.3, -0.25) is 0 Å². The lowest BCUT2D eigenvalue weighted by Gasteiger charge is -2.27. The average Bonchev–Trinajstić information content (AvgIpc) is 3.59. The van der Waals surface area contributed by atoms with Gasteiger partial charge in [-0.1, -0.05) is 42.5 Å². The number of benzene rings is 2. The van der Waals surface area contributed by atoms with Crippen LogP contribution in [-0.2, 0) is 13.5 Å². The Balaban J connectivity index is 1.54. The molecule has 0 unspecified atom stereocenters. The van der Waals surface area contributed by atoms with Crippen molar-refractivity contribution in [3.05, 3.63) is 72.7 Å². The van der Waals surface area contributed by atoms with Gasteiger partial charge in [-0.25, -0.2) is 14.5 Å². The first-order valence-electron chi connectivity index (χ1n) is 12.2. The second kappa shape index (κ2) is 7.98. The van der Waals surface area contributed by atoms with Crippen LogP contribution in [-0.4, -0.2) is 36.8 Å². The maximum absolute atomic E-state index is 5.90. The summed E-state index contributed by atoms with van der Waals surface area (Å²) in [5.74, 6) is 3.18. The molecule has 3 aromatic heterocycles. The zero-order chi connectivity index (χ0) is 23.4. The van der Waals surface area contributed by atoms with E-state index in [1.165, 1.54) is 17.5 Å². The first kappa shape index (κ1) is 20.3. The third-order valence-corrected chi connectivity index (χ3v) is 7.19. The number of fused-ring (bicyclic) bond motifs is 2. The lowest BCUT2D eigenvalue weighted by Crippen LogP contribution is -2.28. The standard InChI is InChI=1S/C28H26N6O/c1-33-15-14-29-28(33)27-31-26(30-19-9-5-10-19)25-24(18-7-3-2-4-8-18)22(17-34(25)32-27)20-11-6-12-23-21(20)13-16-35-23/h2-4,6-8,11-12,14-15,17,19H,5,9-10,13,16H2,1H3,(H,30,31,32). The lowest BCUT2D eigenvalue weighted by molar-refractivity contribution is 0.357. The number of aryl methyl sites for hydroxylation is 1. The van der Waals surface area contributed by atoms with Gasteiger partial charge in [0.25, 0.3) is 0 Å². The highest BCUT2D eigenvalue weighted by atomic mass is 16.5. The molecule has 2 aromatic carbocycles. The van der Waals surface area contributed by atoms with Gasteiger partial charge in [-0.2, -0.15) is 0 Å². The third kappa shape index (κ3) is 3.30. The molecule has 0 amide bonds. The topological polar surface area (TPSA) is 69.3 Å². The van der Waals surface area contributed by atoms with Crippen molar-refractivity contribution in [1.29, 1.82) is 0 Å². The molecule has 1 aliphatic heterocycles. The number of imidazole rings is 1. The van der Waals surface area contributed by atoms with E-state index in [-0.39, 0.29) is 0 Å². The molecule has 0 spiro atoms. The molecule has 7 nitrogen and oxygen atoms in total. The van der Waals surface area contributed by atoms with E-state index in [0.717, 1.165) is 65.5 Å². The molecule has 5 aromatic rings. The van der Waals surface area contributed by atoms with Crippen molar-refractivity contribution in [3.63, 3.8) is 0 Å². The van der Waals surface area contributed by atoms with Crippen LogP contribution in [0.25, 0.3) is 39.4 Å². The Labute approximate surface area is 203 Å². The molecule has 35 heavy (non-hydrogen) atoms. The summed E-state index contributed by atoms with van der Waals surface area (Å²) in [6.07, 6.45) is 10.3. The number of rotatable bonds is 5. The van der Waals surface area contributed by atoms with Gasteiger partial charge in [0.05, 0.1) is 6.61 Å². The van der Waals surface area contributed by atoms with E-state index in [1.54, 1.807) is 6.20 Å². The molecule has 1 N–H and O–H groups in total. The molecular weight excluding hydrogens is 436 g/mol. The van der Waals surface area contributed by atoms with Crippen LogP contribution in [0.15, 0.2) is 67.1 Å². The van der Waals surface area contributed by atoms with Crippen LogP contribution in [0.2, 0.25) is 0 Å². The maximum atomic E-state index is 5.90. The van der Waals surface area contributed by atoms with Gasteiger partial charge in [-0.15, -0.1) is 5.10 Å². The second-order valence-corrected chi connectivity index (χ2v) is 9.38. The van der Waals surface area contributed by atoms with E-state index in [2.05, 4.69) is 65.0 Å². The van der Waals surface area contributed by atoms with Crippen molar-refractivity contribution in [2.45, 2.75) is 31.7 Å². The number of hydrogen-bond donors (Lipinski definition) is 1. The smallest absolute Gasteiger partial charge is 0.218 e. The minimum absolute atomic E-state index is 0.430. The minimum atomic E-state index is 0.430. The Bertz CT molecular complexity index is 1550. The van der Waals surface area contributed by atoms with Crippen LogP contribution in [0.5, 0.6) is 5.75 Å². The normalized spacial score (nSPS) is 15.1. The van der Waals surface area contributed by atoms with E-state index < -0.39 is 0 Å². The summed E-state index contributed by atoms with van der Waals surface area (Å²) in [4.78, 5) is 9.56. The molecule has 0 atom stereocenters. The van der Waals surface area contributed by atoms with Crippen molar-refractivity contribution >= 4 is 11.3 Å². The van der Waals surface area contributed by atoms with Gasteiger partial charge in [0.2, 0.25) is 5.82 Å². The molecule has 7 heteroatoms. The third-order valence-electron chi connectivity index (χ3n) is 7.19. The van der Waals surface area contributed by atoms with Crippen molar-refractivity contribution in [2.75, 3.05) is 11.9 Å². The van der Waals surface area contributed by atoms with E-state index in [0.29, 0.717) is 11.9 Å². The zero-order valence-corrected chi connectivity index (χ0v) is 19.6. The van der Waals surface area contributed by atoms with Gasteiger partial charge in [-0.05, 0) is 36.5 Å². The summed E-state index contributed by atoms with van der Waals surface area (Å²) in [7, 11) is 1.97. The van der Waals surface area contributed by atoms with Crippen LogP contribution < -0.4 is 10.1 Å². The van der Waals surface area contributed by atoms with Crippen molar-refractivity contribution in [2.24, 2.45) is 7.05 Å². The minimum Gasteiger partial charge on any atom is -0.493 e. The molecular formula is C28H26N6O. The fourth-order valence-corrected chi connectivity index (χ4v) is 5.18. The highest BCUT2D eigenvalue weighted by Gasteiger charge is 2.27. The Morgan fingerprint density at radius 3 is 2.69 bits per heavy atom. The van der Waals surface area contributed by atoms with E-state index in [9.17, 15) is 0 Å². The monoisotopic (exact) mass is 462 g/mol. The summed E-state index contributed by atoms with van der Waals surface area (Å²) in [5.41, 5.74) is 6.86. The van der Waals surface area contributed by atoms with Gasteiger partial charge in [0.1, 0.15) is 11.3 Å². The number of aromatic nitrogens is 5. The number of nitrogens with zero attached hydrogens (tertiary/aromatic N) is 5. The van der Waals surface area contributed by atoms with Crippen molar-refractivity contribution in [1.82, 2.24) is 24.1 Å². The van der Waals surface area contributed by atoms with Crippen LogP contribution in [0, 0.1) is 0 Å². The maximum Gasteiger partial charge on any atom is 0.218 e. The largest absolute Gasteiger partial charge is 0.493 e. The molecule has 2 aliphatic rings. The van der Waals surface area contributed by atoms with E-state index in [1.807, 2.05) is 22.3 Å². The Morgan fingerprint density at radius 1 is 1.03 bits per heavy atom. The Morgan fingerprint density at radius 2 is 1.91 bits per heavy atom. The fraction of sp³-hybridized carbons (Fsp3) is 0.250. The van der Waals surface area contributed by atoms with Crippen LogP contribution in [0.4, 0.5) is 5.82 Å². The van der Waals surface area contributed by atoms with Gasteiger partial charge < -0.3 is 14.6 Å². The molecule has 1 fully saturated rings. The number of anilines is 1. The molecule has 1 aliphatic carbocycles. The van der Waals surface area contributed by atoms with E-state index in [4.69, 9.17) is 14.8 Å². The molecule has 174 valence electrons. The molecule has 1 saturated carbocycles. The second-order valence-electron chi connectivity index (χ2n) is 9.38. The van der Waals surface area contributed by atoms with E-state index >= 15 is 0 Å². The molecule has 0 radical (unpaired) electrons. The van der Waals surface area contributed by atoms with Crippen LogP contribution in [0.1, 0.15) is 24.8 Å². The van der Waals surface area contributed by atoms with Gasteiger partial charge in [0.15, 0.2) is 11.6 Å². The first-order valence-corrected chi connectivity index (χ1v) is 12.2. The summed E-state index contributed by atoms with van der Waals surface area (Å²) in [5, 5.41) is 8.70. The van der Waals surface area contributed by atoms with Gasteiger partial charge in [0, 0.05) is 54.8 Å². The van der Waals surface area contributed by atoms with Crippen molar-refractivity contribution in [3.8, 4) is 39.7 Å². The summed E-state index contributed by atoms with van der Waals surface area (Å²) < 4.78 is 9.85. The molecule has 0 bridgehead atoms. The van der Waals surface area contributed by atoms with Crippen LogP contribution in [0.3, 0.4) is 0 Å². The van der Waals surface area contributed by atoms with Crippen molar-refractivity contribution < 1.29 is 4.74 Å². The van der Waals surface area contributed by atoms with Crippen LogP contribution >= 0.6 is 0 Å². The number of nitrogens with one attached hydrogen (secondary N) is 1. The van der Waals surface area contributed by atoms with Gasteiger partial charge >= 0.3 is 0 Å². The Hall–Kier alpha value is -4.13. The molecule has 7 rings (SSSR count). The number of ether oxygens (including phenoxy) is 1. The molecule has 0 saturated heterocycles. The first-order chi connectivity index (χ1) is 17.3. The lowest BCUT2D eigenvalue weighted by atomic mass is 9.92. The summed E-state index contributed by atoms with van der Waals surface area (Å²) in [6.45, 7) is 0.720. The Kier molecular flexibility index (Phi) is 4.62. The average molecular weight is 463 g/mol. The zero-order valence-electron chi connectivity index (χ0n) is 19.6.